The van der Waals surface area contributed by atoms with Gasteiger partial charge in [-0.05, 0) is 18.4 Å². The van der Waals surface area contributed by atoms with Crippen LogP contribution < -0.4 is 0 Å². The Labute approximate surface area is 105 Å². The van der Waals surface area contributed by atoms with Gasteiger partial charge in [0.2, 0.25) is 0 Å². The van der Waals surface area contributed by atoms with E-state index < -0.39 is 16.0 Å². The van der Waals surface area contributed by atoms with E-state index in [0.29, 0.717) is 0 Å². The predicted octanol–water partition coefficient (Wildman–Crippen LogP) is 2.77. The van der Waals surface area contributed by atoms with Crippen LogP contribution in [0.3, 0.4) is 0 Å². The highest BCUT2D eigenvalue weighted by Crippen LogP contribution is 2.36. The third-order valence-electron chi connectivity index (χ3n) is 1.53. The Morgan fingerprint density at radius 3 is 1.50 bits per heavy atom. The molecule has 16 heavy (non-hydrogen) atoms. The van der Waals surface area contributed by atoms with Crippen LogP contribution in [0.2, 0.25) is 0 Å². The zero-order valence-electron chi connectivity index (χ0n) is 10.1. The van der Waals surface area contributed by atoms with E-state index in [4.69, 9.17) is 10.2 Å². The quantitative estimate of drug-likeness (QED) is 0.722. The second-order valence-electron chi connectivity index (χ2n) is 2.86. The smallest absolute Gasteiger partial charge is 0.329 e. The van der Waals surface area contributed by atoms with Crippen molar-refractivity contribution < 1.29 is 19.8 Å². The molecule has 2 N–H and O–H groups in total. The van der Waals surface area contributed by atoms with Crippen LogP contribution in [0.25, 0.3) is 0 Å². The molecule has 0 saturated heterocycles. The van der Waals surface area contributed by atoms with Crippen LogP contribution in [0.5, 0.6) is 0 Å². The molecule has 4 nitrogen and oxygen atoms in total. The third-order valence-corrected chi connectivity index (χ3v) is 4.27. The van der Waals surface area contributed by atoms with Crippen molar-refractivity contribution in [3.63, 3.8) is 0 Å². The Hall–Kier alpha value is -0.360. The Bertz CT molecular complexity index is 213. The molecule has 0 bridgehead atoms. The lowest BCUT2D eigenvalue weighted by Gasteiger charge is -2.21. The average molecular weight is 268 g/mol. The molecule has 96 valence electrons. The number of carbonyl (C=O) groups is 2. The normalized spacial score (nSPS) is 10.2. The van der Waals surface area contributed by atoms with Crippen LogP contribution in [0.4, 0.5) is 0 Å². The fourth-order valence-electron chi connectivity index (χ4n) is 0.716. The van der Waals surface area contributed by atoms with Crippen molar-refractivity contribution in [1.29, 1.82) is 0 Å². The number of aliphatic carboxylic acids is 2. The molecule has 6 heteroatoms. The van der Waals surface area contributed by atoms with E-state index >= 15 is 0 Å². The molecule has 0 aromatic carbocycles. The van der Waals surface area contributed by atoms with E-state index in [0.717, 1.165) is 11.5 Å². The Morgan fingerprint density at radius 2 is 1.38 bits per heavy atom. The molecular formula is C10H20O4S2. The second kappa shape index (κ2) is 9.84. The number of hydrogen-bond acceptors (Lipinski definition) is 4. The summed E-state index contributed by atoms with van der Waals surface area (Å²) in [6.07, 6.45) is 0.222. The van der Waals surface area contributed by atoms with Gasteiger partial charge in [0, 0.05) is 6.42 Å². The molecule has 0 spiro atoms. The minimum absolute atomic E-state index is 0.222. The van der Waals surface area contributed by atoms with Crippen LogP contribution in [0, 0.1) is 0 Å². The van der Waals surface area contributed by atoms with Crippen molar-refractivity contribution in [2.45, 2.75) is 38.2 Å². The molecule has 0 atom stereocenters. The lowest BCUT2D eigenvalue weighted by atomic mass is 10.5. The average Bonchev–Trinajstić information content (AvgIpc) is 2.19. The summed E-state index contributed by atoms with van der Waals surface area (Å²) >= 11 is 2.95. The van der Waals surface area contributed by atoms with Gasteiger partial charge in [0.1, 0.15) is 0 Å². The van der Waals surface area contributed by atoms with Crippen LogP contribution in [0.15, 0.2) is 0 Å². The molecule has 0 radical (unpaired) electrons. The van der Waals surface area contributed by atoms with Crippen LogP contribution in [-0.4, -0.2) is 37.7 Å². The van der Waals surface area contributed by atoms with Crippen molar-refractivity contribution in [2.24, 2.45) is 0 Å². The molecular weight excluding hydrogens is 248 g/mol. The first-order valence-corrected chi connectivity index (χ1v) is 7.04. The van der Waals surface area contributed by atoms with Gasteiger partial charge in [-0.3, -0.25) is 4.79 Å². The van der Waals surface area contributed by atoms with E-state index in [1.54, 1.807) is 13.8 Å². The standard InChI is InChI=1S/C7H14O2S2.C3H6O2/c1-4-10-7(3,6(8)9)11-5-2;1-2-3(4)5/h4-5H2,1-3H3,(H,8,9);2H2,1H3,(H,4,5). The van der Waals surface area contributed by atoms with Crippen molar-refractivity contribution in [3.8, 4) is 0 Å². The Morgan fingerprint density at radius 1 is 1.06 bits per heavy atom. The van der Waals surface area contributed by atoms with Gasteiger partial charge in [-0.15, -0.1) is 23.5 Å². The van der Waals surface area contributed by atoms with Crippen LogP contribution >= 0.6 is 23.5 Å². The first-order valence-electron chi connectivity index (χ1n) is 5.07. The maximum absolute atomic E-state index is 10.8. The summed E-state index contributed by atoms with van der Waals surface area (Å²) in [5, 5.41) is 16.6. The molecule has 0 amide bonds. The van der Waals surface area contributed by atoms with Crippen molar-refractivity contribution in [3.05, 3.63) is 0 Å². The zero-order valence-corrected chi connectivity index (χ0v) is 11.8. The zero-order chi connectivity index (χ0) is 13.2. The van der Waals surface area contributed by atoms with Gasteiger partial charge in [0.05, 0.1) is 0 Å². The number of carboxylic acids is 2. The Balaban J connectivity index is 0. The summed E-state index contributed by atoms with van der Waals surface area (Å²) in [6, 6.07) is 0. The highest BCUT2D eigenvalue weighted by molar-refractivity contribution is 8.19. The Kier molecular flexibility index (Phi) is 11.1. The van der Waals surface area contributed by atoms with Gasteiger partial charge < -0.3 is 10.2 Å². The van der Waals surface area contributed by atoms with Crippen LogP contribution in [0.1, 0.15) is 34.1 Å². The molecule has 0 aromatic rings. The molecule has 0 aliphatic carbocycles. The van der Waals surface area contributed by atoms with Gasteiger partial charge >= 0.3 is 11.9 Å². The summed E-state index contributed by atoms with van der Waals surface area (Å²) in [7, 11) is 0. The number of thioether (sulfide) groups is 2. The van der Waals surface area contributed by atoms with Crippen molar-refractivity contribution in [1.82, 2.24) is 0 Å². The largest absolute Gasteiger partial charge is 0.481 e. The number of carboxylic acid groups (broad SMARTS) is 2. The molecule has 0 aromatic heterocycles. The van der Waals surface area contributed by atoms with Gasteiger partial charge in [-0.1, -0.05) is 20.8 Å². The fraction of sp³-hybridized carbons (Fsp3) is 0.800. The summed E-state index contributed by atoms with van der Waals surface area (Å²) in [4.78, 5) is 20.1. The minimum atomic E-state index is -0.745. The van der Waals surface area contributed by atoms with E-state index in [2.05, 4.69) is 0 Å². The maximum Gasteiger partial charge on any atom is 0.329 e. The van der Waals surface area contributed by atoms with E-state index in [-0.39, 0.29) is 6.42 Å². The van der Waals surface area contributed by atoms with Crippen molar-refractivity contribution >= 4 is 35.5 Å². The minimum Gasteiger partial charge on any atom is -0.481 e. The monoisotopic (exact) mass is 268 g/mol. The molecule has 0 saturated carbocycles. The highest BCUT2D eigenvalue weighted by Gasteiger charge is 2.32. The van der Waals surface area contributed by atoms with E-state index in [9.17, 15) is 9.59 Å². The summed E-state index contributed by atoms with van der Waals surface area (Å²) in [5.74, 6) is 0.215. The maximum atomic E-state index is 10.8. The topological polar surface area (TPSA) is 74.6 Å². The van der Waals surface area contributed by atoms with Crippen molar-refractivity contribution in [2.75, 3.05) is 11.5 Å². The first-order chi connectivity index (χ1) is 7.33. The first kappa shape index (κ1) is 18.0. The van der Waals surface area contributed by atoms with Gasteiger partial charge in [0.25, 0.3) is 0 Å². The molecule has 0 heterocycles. The lowest BCUT2D eigenvalue weighted by Crippen LogP contribution is -2.27. The molecule has 0 aliphatic heterocycles. The van der Waals surface area contributed by atoms with Gasteiger partial charge in [-0.2, -0.15) is 0 Å². The molecule has 0 fully saturated rings. The highest BCUT2D eigenvalue weighted by atomic mass is 32.2. The summed E-state index contributed by atoms with van der Waals surface area (Å²) in [6.45, 7) is 7.31. The molecule has 0 rings (SSSR count). The van der Waals surface area contributed by atoms with E-state index in [1.165, 1.54) is 23.5 Å². The van der Waals surface area contributed by atoms with Gasteiger partial charge in [0.15, 0.2) is 4.08 Å². The summed E-state index contributed by atoms with van der Waals surface area (Å²) in [5.41, 5.74) is 0. The lowest BCUT2D eigenvalue weighted by molar-refractivity contribution is -0.137. The van der Waals surface area contributed by atoms with Gasteiger partial charge in [-0.25, -0.2) is 4.79 Å². The third kappa shape index (κ3) is 8.91. The molecule has 0 unspecified atom stereocenters. The molecule has 0 aliphatic rings. The fourth-order valence-corrected chi connectivity index (χ4v) is 3.11. The predicted molar refractivity (Wildman–Crippen MR) is 70.2 cm³/mol. The van der Waals surface area contributed by atoms with E-state index in [1.807, 2.05) is 13.8 Å². The summed E-state index contributed by atoms with van der Waals surface area (Å²) < 4.78 is -0.649. The second-order valence-corrected chi connectivity index (χ2v) is 6.49. The number of rotatable bonds is 6. The number of hydrogen-bond donors (Lipinski definition) is 2. The SMILES string of the molecule is CCC(=O)O.CCSC(C)(SCC)C(=O)O. The van der Waals surface area contributed by atoms with Crippen LogP contribution in [-0.2, 0) is 9.59 Å².